The summed E-state index contributed by atoms with van der Waals surface area (Å²) < 4.78 is 1.98. The maximum atomic E-state index is 9.32. The van der Waals surface area contributed by atoms with E-state index >= 15 is 0 Å². The van der Waals surface area contributed by atoms with Crippen LogP contribution in [-0.4, -0.2) is 15.0 Å². The molecule has 100 valence electrons. The number of aromatic nitrogens is 3. The summed E-state index contributed by atoms with van der Waals surface area (Å²) in [4.78, 5) is 0. The summed E-state index contributed by atoms with van der Waals surface area (Å²) in [6.45, 7) is 2.92. The number of aryl methyl sites for hydroxylation is 1. The molecule has 4 fully saturated rings. The van der Waals surface area contributed by atoms with Crippen molar-refractivity contribution in [2.24, 2.45) is 23.7 Å². The quantitative estimate of drug-likeness (QED) is 0.817. The van der Waals surface area contributed by atoms with Crippen LogP contribution in [0.4, 0.5) is 0 Å². The lowest BCUT2D eigenvalue weighted by molar-refractivity contribution is -0.00567. The molecule has 0 radical (unpaired) electrons. The average Bonchev–Trinajstić information content (AvgIpc) is 2.80. The van der Waals surface area contributed by atoms with Gasteiger partial charge in [-0.05, 0) is 62.7 Å². The van der Waals surface area contributed by atoms with Gasteiger partial charge < -0.3 is 0 Å². The molecular weight excluding hydrogens is 236 g/mol. The topological polar surface area (TPSA) is 54.5 Å². The van der Waals surface area contributed by atoms with Crippen LogP contribution in [-0.2, 0) is 6.54 Å². The standard InChI is InChI=1S/C15H20N4/c1-2-19-15(13(8-16)17-18-19)14-11-4-9-3-10(6-11)7-12(14)5-9/h9-12,14H,2-7H2,1H3. The second kappa shape index (κ2) is 4.06. The lowest BCUT2D eigenvalue weighted by atomic mass is 9.51. The van der Waals surface area contributed by atoms with Gasteiger partial charge in [0.25, 0.3) is 0 Å². The van der Waals surface area contributed by atoms with Crippen LogP contribution in [0.5, 0.6) is 0 Å². The van der Waals surface area contributed by atoms with Gasteiger partial charge >= 0.3 is 0 Å². The van der Waals surface area contributed by atoms with E-state index < -0.39 is 0 Å². The Hall–Kier alpha value is -1.37. The van der Waals surface area contributed by atoms with Crippen LogP contribution >= 0.6 is 0 Å². The number of hydrogen-bond donors (Lipinski definition) is 0. The molecule has 1 aromatic rings. The Bertz CT molecular complexity index is 511. The van der Waals surface area contributed by atoms with Gasteiger partial charge in [0.1, 0.15) is 6.07 Å². The first-order chi connectivity index (χ1) is 9.30. The molecule has 0 aromatic carbocycles. The Morgan fingerprint density at radius 1 is 1.16 bits per heavy atom. The van der Waals surface area contributed by atoms with Crippen molar-refractivity contribution in [1.82, 2.24) is 15.0 Å². The van der Waals surface area contributed by atoms with E-state index in [-0.39, 0.29) is 0 Å². The fraction of sp³-hybridized carbons (Fsp3) is 0.800. The van der Waals surface area contributed by atoms with Gasteiger partial charge in [0.15, 0.2) is 5.69 Å². The van der Waals surface area contributed by atoms with E-state index in [9.17, 15) is 5.26 Å². The normalized spacial score (nSPS) is 39.5. The summed E-state index contributed by atoms with van der Waals surface area (Å²) in [6.07, 6.45) is 6.96. The Morgan fingerprint density at radius 3 is 2.32 bits per heavy atom. The minimum absolute atomic E-state index is 0.553. The van der Waals surface area contributed by atoms with E-state index in [1.807, 2.05) is 4.68 Å². The average molecular weight is 256 g/mol. The molecule has 0 unspecified atom stereocenters. The molecule has 0 N–H and O–H groups in total. The molecule has 1 aromatic heterocycles. The van der Waals surface area contributed by atoms with E-state index in [1.165, 1.54) is 32.1 Å². The first kappa shape index (κ1) is 11.5. The van der Waals surface area contributed by atoms with Crippen LogP contribution in [0.25, 0.3) is 0 Å². The minimum Gasteiger partial charge on any atom is -0.248 e. The second-order valence-electron chi connectivity index (χ2n) is 6.71. The molecule has 4 nitrogen and oxygen atoms in total. The molecule has 0 saturated heterocycles. The van der Waals surface area contributed by atoms with Crippen molar-refractivity contribution in [3.8, 4) is 6.07 Å². The van der Waals surface area contributed by atoms with Gasteiger partial charge in [0.2, 0.25) is 0 Å². The van der Waals surface area contributed by atoms with Crippen LogP contribution in [0.15, 0.2) is 0 Å². The molecule has 1 heterocycles. The van der Waals surface area contributed by atoms with Crippen molar-refractivity contribution >= 4 is 0 Å². The zero-order valence-electron chi connectivity index (χ0n) is 11.4. The van der Waals surface area contributed by atoms with Gasteiger partial charge in [-0.1, -0.05) is 5.21 Å². The van der Waals surface area contributed by atoms with Crippen LogP contribution in [0.3, 0.4) is 0 Å². The van der Waals surface area contributed by atoms with Crippen molar-refractivity contribution in [3.63, 3.8) is 0 Å². The van der Waals surface area contributed by atoms with Crippen molar-refractivity contribution in [1.29, 1.82) is 5.26 Å². The third kappa shape index (κ3) is 1.57. The lowest BCUT2D eigenvalue weighted by Gasteiger charge is -2.54. The molecule has 19 heavy (non-hydrogen) atoms. The molecule has 0 amide bonds. The maximum absolute atomic E-state index is 9.32. The van der Waals surface area contributed by atoms with Crippen molar-refractivity contribution in [3.05, 3.63) is 11.4 Å². The van der Waals surface area contributed by atoms with Crippen LogP contribution in [0.2, 0.25) is 0 Å². The zero-order valence-corrected chi connectivity index (χ0v) is 11.4. The number of hydrogen-bond acceptors (Lipinski definition) is 3. The fourth-order valence-electron chi connectivity index (χ4n) is 5.34. The van der Waals surface area contributed by atoms with Gasteiger partial charge in [0, 0.05) is 12.5 Å². The van der Waals surface area contributed by atoms with Crippen LogP contribution < -0.4 is 0 Å². The molecule has 4 bridgehead atoms. The molecule has 0 atom stereocenters. The van der Waals surface area contributed by atoms with Gasteiger partial charge in [-0.2, -0.15) is 5.26 Å². The summed E-state index contributed by atoms with van der Waals surface area (Å²) in [5.41, 5.74) is 1.73. The van der Waals surface area contributed by atoms with Gasteiger partial charge in [-0.15, -0.1) is 5.10 Å². The summed E-state index contributed by atoms with van der Waals surface area (Å²) in [5, 5.41) is 17.6. The smallest absolute Gasteiger partial charge is 0.186 e. The highest BCUT2D eigenvalue weighted by molar-refractivity contribution is 5.30. The lowest BCUT2D eigenvalue weighted by Crippen LogP contribution is -2.44. The Kier molecular flexibility index (Phi) is 2.45. The largest absolute Gasteiger partial charge is 0.248 e. The summed E-state index contributed by atoms with van der Waals surface area (Å²) in [6, 6.07) is 2.26. The molecule has 4 aliphatic rings. The third-order valence-corrected chi connectivity index (χ3v) is 5.72. The van der Waals surface area contributed by atoms with E-state index in [1.54, 1.807) is 0 Å². The van der Waals surface area contributed by atoms with E-state index in [4.69, 9.17) is 0 Å². The van der Waals surface area contributed by atoms with Crippen LogP contribution in [0, 0.1) is 35.0 Å². The predicted molar refractivity (Wildman–Crippen MR) is 70.2 cm³/mol. The number of nitrogens with zero attached hydrogens (tertiary/aromatic N) is 4. The highest BCUT2D eigenvalue weighted by atomic mass is 15.4. The maximum Gasteiger partial charge on any atom is 0.186 e. The third-order valence-electron chi connectivity index (χ3n) is 5.72. The highest BCUT2D eigenvalue weighted by Crippen LogP contribution is 2.59. The van der Waals surface area contributed by atoms with Gasteiger partial charge in [0.05, 0.1) is 5.69 Å². The molecule has 5 rings (SSSR count). The molecular formula is C15H20N4. The molecule has 4 heteroatoms. The predicted octanol–water partition coefficient (Wildman–Crippen LogP) is 2.71. The highest BCUT2D eigenvalue weighted by Gasteiger charge is 2.50. The second-order valence-corrected chi connectivity index (χ2v) is 6.71. The van der Waals surface area contributed by atoms with Crippen LogP contribution in [0.1, 0.15) is 56.3 Å². The summed E-state index contributed by atoms with van der Waals surface area (Å²) in [7, 11) is 0. The summed E-state index contributed by atoms with van der Waals surface area (Å²) >= 11 is 0. The van der Waals surface area contributed by atoms with Crippen molar-refractivity contribution in [2.75, 3.05) is 0 Å². The first-order valence-electron chi connectivity index (χ1n) is 7.63. The fourth-order valence-corrected chi connectivity index (χ4v) is 5.34. The van der Waals surface area contributed by atoms with E-state index in [0.717, 1.165) is 35.9 Å². The Morgan fingerprint density at radius 2 is 1.79 bits per heavy atom. The van der Waals surface area contributed by atoms with Crippen molar-refractivity contribution < 1.29 is 0 Å². The number of nitriles is 1. The van der Waals surface area contributed by atoms with Gasteiger partial charge in [-0.25, -0.2) is 4.68 Å². The molecule has 4 aliphatic carbocycles. The van der Waals surface area contributed by atoms with Gasteiger partial charge in [-0.3, -0.25) is 0 Å². The Balaban J connectivity index is 1.77. The summed E-state index contributed by atoms with van der Waals surface area (Å²) in [5.74, 6) is 4.06. The van der Waals surface area contributed by atoms with E-state index in [0.29, 0.717) is 11.6 Å². The monoisotopic (exact) mass is 256 g/mol. The molecule has 0 aliphatic heterocycles. The van der Waals surface area contributed by atoms with Crippen molar-refractivity contribution in [2.45, 2.75) is 51.5 Å². The molecule has 4 saturated carbocycles. The van der Waals surface area contributed by atoms with E-state index in [2.05, 4.69) is 23.3 Å². The zero-order chi connectivity index (χ0) is 13.0. The minimum atomic E-state index is 0.553. The SMILES string of the molecule is CCn1nnc(C#N)c1C1C2CC3CC(C2)CC1C3. The molecule has 0 spiro atoms. The first-order valence-corrected chi connectivity index (χ1v) is 7.63. The number of rotatable bonds is 2. The Labute approximate surface area is 113 Å².